The van der Waals surface area contributed by atoms with Crippen molar-refractivity contribution in [1.82, 2.24) is 24.4 Å². The molecule has 0 aliphatic carbocycles. The van der Waals surface area contributed by atoms with Crippen LogP contribution in [0.15, 0.2) is 35.3 Å². The topological polar surface area (TPSA) is 71.6 Å². The summed E-state index contributed by atoms with van der Waals surface area (Å²) in [6.07, 6.45) is 3.53. The normalized spacial score (nSPS) is 16.6. The predicted molar refractivity (Wildman–Crippen MR) is 95.9 cm³/mol. The highest BCUT2D eigenvalue weighted by Crippen LogP contribution is 2.16. The van der Waals surface area contributed by atoms with Gasteiger partial charge in [-0.2, -0.15) is 5.10 Å². The van der Waals surface area contributed by atoms with Gasteiger partial charge >= 0.3 is 0 Å². The fraction of sp³-hybridized carbons (Fsp3) is 0.389. The zero-order valence-electron chi connectivity index (χ0n) is 14.4. The summed E-state index contributed by atoms with van der Waals surface area (Å²) in [5, 5.41) is 7.33. The predicted octanol–water partition coefficient (Wildman–Crippen LogP) is 1.01. The molecular formula is C18H21N5O2. The first-order chi connectivity index (χ1) is 12.0. The summed E-state index contributed by atoms with van der Waals surface area (Å²) in [5.41, 5.74) is 2.46. The largest absolute Gasteiger partial charge is 0.349 e. The zero-order valence-corrected chi connectivity index (χ0v) is 14.4. The lowest BCUT2D eigenvalue weighted by Gasteiger charge is -2.29. The molecule has 130 valence electrons. The number of carbonyl (C=O) groups excluding carboxylic acids is 1. The van der Waals surface area contributed by atoms with Crippen molar-refractivity contribution < 1.29 is 4.79 Å². The molecule has 25 heavy (non-hydrogen) atoms. The Morgan fingerprint density at radius 3 is 2.64 bits per heavy atom. The van der Waals surface area contributed by atoms with E-state index in [0.29, 0.717) is 16.6 Å². The molecule has 1 amide bonds. The molecule has 1 fully saturated rings. The number of hydrogen-bond acceptors (Lipinski definition) is 4. The lowest BCUT2D eigenvalue weighted by atomic mass is 10.0. The number of aromatic nitrogens is 3. The SMILES string of the molecule is CN1CCC(NC(=O)c2ccc3c(c2)n(C)c(=O)c2ccnn23)CC1. The van der Waals surface area contributed by atoms with Crippen molar-refractivity contribution in [3.8, 4) is 0 Å². The maximum Gasteiger partial charge on any atom is 0.276 e. The molecule has 1 saturated heterocycles. The highest BCUT2D eigenvalue weighted by Gasteiger charge is 2.20. The van der Waals surface area contributed by atoms with Crippen molar-refractivity contribution in [3.05, 3.63) is 46.4 Å². The lowest BCUT2D eigenvalue weighted by molar-refractivity contribution is 0.0917. The number of hydrogen-bond donors (Lipinski definition) is 1. The summed E-state index contributed by atoms with van der Waals surface area (Å²) < 4.78 is 3.19. The number of amides is 1. The van der Waals surface area contributed by atoms with E-state index in [-0.39, 0.29) is 17.5 Å². The maximum absolute atomic E-state index is 12.6. The van der Waals surface area contributed by atoms with Gasteiger partial charge in [-0.15, -0.1) is 0 Å². The third-order valence-corrected chi connectivity index (χ3v) is 5.05. The van der Waals surface area contributed by atoms with Gasteiger partial charge in [0.05, 0.1) is 17.2 Å². The van der Waals surface area contributed by atoms with Gasteiger partial charge in [-0.25, -0.2) is 4.52 Å². The Labute approximate surface area is 144 Å². The van der Waals surface area contributed by atoms with Gasteiger partial charge in [-0.05, 0) is 57.2 Å². The quantitative estimate of drug-likeness (QED) is 0.756. The van der Waals surface area contributed by atoms with E-state index in [2.05, 4.69) is 22.4 Å². The molecule has 0 atom stereocenters. The molecule has 3 heterocycles. The number of nitrogens with zero attached hydrogens (tertiary/aromatic N) is 4. The Morgan fingerprint density at radius 2 is 1.88 bits per heavy atom. The molecule has 0 saturated carbocycles. The van der Waals surface area contributed by atoms with Crippen LogP contribution in [0.3, 0.4) is 0 Å². The molecule has 0 spiro atoms. The van der Waals surface area contributed by atoms with Crippen LogP contribution in [0.1, 0.15) is 23.2 Å². The average molecular weight is 339 g/mol. The van der Waals surface area contributed by atoms with E-state index >= 15 is 0 Å². The fourth-order valence-electron chi connectivity index (χ4n) is 3.47. The van der Waals surface area contributed by atoms with Gasteiger partial charge in [0.1, 0.15) is 5.52 Å². The number of piperidine rings is 1. The smallest absolute Gasteiger partial charge is 0.276 e. The minimum absolute atomic E-state index is 0.0931. The molecule has 1 aliphatic rings. The number of likely N-dealkylation sites (tertiary alicyclic amines) is 1. The first kappa shape index (κ1) is 15.8. The van der Waals surface area contributed by atoms with Crippen molar-refractivity contribution in [2.75, 3.05) is 20.1 Å². The van der Waals surface area contributed by atoms with Crippen LogP contribution in [0.2, 0.25) is 0 Å². The molecule has 0 bridgehead atoms. The van der Waals surface area contributed by atoms with Crippen LogP contribution in [-0.4, -0.2) is 51.2 Å². The molecule has 4 rings (SSSR count). The summed E-state index contributed by atoms with van der Waals surface area (Å²) in [4.78, 5) is 27.3. The van der Waals surface area contributed by atoms with Crippen molar-refractivity contribution in [1.29, 1.82) is 0 Å². The molecule has 0 radical (unpaired) electrons. The molecule has 7 nitrogen and oxygen atoms in total. The number of carbonyl (C=O) groups is 1. The van der Waals surface area contributed by atoms with E-state index < -0.39 is 0 Å². The molecule has 3 aromatic rings. The van der Waals surface area contributed by atoms with Gasteiger partial charge in [-0.1, -0.05) is 0 Å². The second-order valence-corrected chi connectivity index (χ2v) is 6.75. The molecular weight excluding hydrogens is 318 g/mol. The molecule has 0 unspecified atom stereocenters. The Kier molecular flexibility index (Phi) is 3.80. The lowest BCUT2D eigenvalue weighted by Crippen LogP contribution is -2.43. The number of rotatable bonds is 2. The van der Waals surface area contributed by atoms with Crippen LogP contribution >= 0.6 is 0 Å². The van der Waals surface area contributed by atoms with Crippen molar-refractivity contribution in [2.45, 2.75) is 18.9 Å². The van der Waals surface area contributed by atoms with Crippen LogP contribution in [-0.2, 0) is 7.05 Å². The maximum atomic E-state index is 12.6. The first-order valence-electron chi connectivity index (χ1n) is 8.50. The third-order valence-electron chi connectivity index (χ3n) is 5.05. The third kappa shape index (κ3) is 2.70. The van der Waals surface area contributed by atoms with Crippen LogP contribution < -0.4 is 10.9 Å². The average Bonchev–Trinajstić information content (AvgIpc) is 3.11. The van der Waals surface area contributed by atoms with Crippen LogP contribution in [0.5, 0.6) is 0 Å². The van der Waals surface area contributed by atoms with Crippen LogP contribution in [0, 0.1) is 0 Å². The molecule has 1 aliphatic heterocycles. The van der Waals surface area contributed by atoms with Crippen molar-refractivity contribution >= 4 is 22.5 Å². The highest BCUT2D eigenvalue weighted by molar-refractivity contribution is 5.97. The minimum atomic E-state index is -0.127. The Hall–Kier alpha value is -2.67. The van der Waals surface area contributed by atoms with E-state index in [1.807, 2.05) is 6.07 Å². The van der Waals surface area contributed by atoms with Gasteiger partial charge in [0.15, 0.2) is 0 Å². The summed E-state index contributed by atoms with van der Waals surface area (Å²) in [5.74, 6) is -0.0931. The van der Waals surface area contributed by atoms with Gasteiger partial charge in [-0.3, -0.25) is 9.59 Å². The van der Waals surface area contributed by atoms with Crippen LogP contribution in [0.25, 0.3) is 16.6 Å². The Balaban J connectivity index is 1.69. The van der Waals surface area contributed by atoms with Crippen LogP contribution in [0.4, 0.5) is 0 Å². The Bertz CT molecular complexity index is 1010. The van der Waals surface area contributed by atoms with Crippen molar-refractivity contribution in [2.24, 2.45) is 7.05 Å². The monoisotopic (exact) mass is 339 g/mol. The minimum Gasteiger partial charge on any atom is -0.349 e. The van der Waals surface area contributed by atoms with E-state index in [0.717, 1.165) is 31.4 Å². The molecule has 2 aromatic heterocycles. The molecule has 1 N–H and O–H groups in total. The number of benzene rings is 1. The Morgan fingerprint density at radius 1 is 1.12 bits per heavy atom. The van der Waals surface area contributed by atoms with Gasteiger partial charge in [0, 0.05) is 18.7 Å². The first-order valence-corrected chi connectivity index (χ1v) is 8.50. The highest BCUT2D eigenvalue weighted by atomic mass is 16.1. The van der Waals surface area contributed by atoms with E-state index in [1.54, 1.807) is 40.5 Å². The standard InChI is InChI=1S/C18H21N5O2/c1-21-9-6-13(7-10-21)20-17(24)12-3-4-14-16(11-12)22(2)18(25)15-5-8-19-23(14)15/h3-5,8,11,13H,6-7,9-10H2,1-2H3,(H,20,24). The second-order valence-electron chi connectivity index (χ2n) is 6.75. The summed E-state index contributed by atoms with van der Waals surface area (Å²) in [6.45, 7) is 1.99. The van der Waals surface area contributed by atoms with Gasteiger partial charge < -0.3 is 14.8 Å². The van der Waals surface area contributed by atoms with Gasteiger partial charge in [0.2, 0.25) is 0 Å². The van der Waals surface area contributed by atoms with E-state index in [9.17, 15) is 9.59 Å². The van der Waals surface area contributed by atoms with E-state index in [1.165, 1.54) is 0 Å². The van der Waals surface area contributed by atoms with Crippen molar-refractivity contribution in [3.63, 3.8) is 0 Å². The number of aryl methyl sites for hydroxylation is 1. The van der Waals surface area contributed by atoms with E-state index in [4.69, 9.17) is 0 Å². The number of fused-ring (bicyclic) bond motifs is 3. The summed E-state index contributed by atoms with van der Waals surface area (Å²) >= 11 is 0. The molecule has 1 aromatic carbocycles. The second kappa shape index (κ2) is 6.00. The van der Waals surface area contributed by atoms with Gasteiger partial charge in [0.25, 0.3) is 11.5 Å². The molecule has 7 heteroatoms. The fourth-order valence-corrected chi connectivity index (χ4v) is 3.47. The zero-order chi connectivity index (χ0) is 17.6. The number of nitrogens with one attached hydrogen (secondary N) is 1. The summed E-state index contributed by atoms with van der Waals surface area (Å²) in [7, 11) is 3.81. The summed E-state index contributed by atoms with van der Waals surface area (Å²) in [6, 6.07) is 7.30.